The molecule has 4 aromatic rings. The van der Waals surface area contributed by atoms with Crippen molar-refractivity contribution >= 4 is 11.2 Å². The Morgan fingerprint density at radius 2 is 1.74 bits per heavy atom. The van der Waals surface area contributed by atoms with Gasteiger partial charge in [0.1, 0.15) is 0 Å². The SMILES string of the molecule is COCCn1c(=O)c2c(nc(-n3nc(C)cc3C)n2Cc2ccc(C)cc2)n(C)c1=O. The normalized spacial score (nSPS) is 11.5. The number of benzene rings is 1. The summed E-state index contributed by atoms with van der Waals surface area (Å²) in [6.45, 7) is 6.72. The summed E-state index contributed by atoms with van der Waals surface area (Å²) in [5.41, 5.74) is 3.80. The fourth-order valence-electron chi connectivity index (χ4n) is 3.76. The smallest absolute Gasteiger partial charge is 0.332 e. The maximum atomic E-state index is 13.4. The minimum atomic E-state index is -0.422. The summed E-state index contributed by atoms with van der Waals surface area (Å²) >= 11 is 0. The highest BCUT2D eigenvalue weighted by Gasteiger charge is 2.22. The van der Waals surface area contributed by atoms with Crippen LogP contribution in [0.3, 0.4) is 0 Å². The number of fused-ring (bicyclic) bond motifs is 1. The molecule has 3 aromatic heterocycles. The Morgan fingerprint density at radius 1 is 1.03 bits per heavy atom. The molecule has 0 aliphatic heterocycles. The van der Waals surface area contributed by atoms with Gasteiger partial charge in [0, 0.05) is 19.9 Å². The number of imidazole rings is 1. The van der Waals surface area contributed by atoms with Crippen LogP contribution < -0.4 is 11.2 Å². The molecule has 0 amide bonds. The van der Waals surface area contributed by atoms with E-state index in [-0.39, 0.29) is 18.7 Å². The topological polar surface area (TPSA) is 88.9 Å². The summed E-state index contributed by atoms with van der Waals surface area (Å²) in [5.74, 6) is 0.498. The Balaban J connectivity index is 2.04. The van der Waals surface area contributed by atoms with E-state index in [0.29, 0.717) is 23.7 Å². The number of ether oxygens (including phenoxy) is 1. The Morgan fingerprint density at radius 3 is 2.35 bits per heavy atom. The van der Waals surface area contributed by atoms with Crippen molar-refractivity contribution in [3.8, 4) is 5.95 Å². The van der Waals surface area contributed by atoms with Gasteiger partial charge in [0.05, 0.1) is 25.4 Å². The largest absolute Gasteiger partial charge is 0.383 e. The van der Waals surface area contributed by atoms with Crippen molar-refractivity contribution < 1.29 is 4.74 Å². The minimum Gasteiger partial charge on any atom is -0.383 e. The van der Waals surface area contributed by atoms with Crippen LogP contribution in [0.25, 0.3) is 17.1 Å². The molecule has 1 aromatic carbocycles. The molecule has 9 heteroatoms. The number of hydrogen-bond acceptors (Lipinski definition) is 5. The van der Waals surface area contributed by atoms with E-state index in [4.69, 9.17) is 9.72 Å². The maximum absolute atomic E-state index is 13.4. The van der Waals surface area contributed by atoms with Crippen LogP contribution in [0.2, 0.25) is 0 Å². The highest BCUT2D eigenvalue weighted by molar-refractivity contribution is 5.73. The van der Waals surface area contributed by atoms with Gasteiger partial charge in [-0.15, -0.1) is 0 Å². The molecule has 4 rings (SSSR count). The van der Waals surface area contributed by atoms with Crippen molar-refractivity contribution in [2.45, 2.75) is 33.9 Å². The van der Waals surface area contributed by atoms with Crippen LogP contribution in [0.15, 0.2) is 39.9 Å². The molecule has 0 spiro atoms. The number of nitrogens with zero attached hydrogens (tertiary/aromatic N) is 6. The van der Waals surface area contributed by atoms with Crippen molar-refractivity contribution in [1.29, 1.82) is 0 Å². The molecule has 0 atom stereocenters. The molecule has 0 saturated heterocycles. The van der Waals surface area contributed by atoms with Gasteiger partial charge >= 0.3 is 5.69 Å². The minimum absolute atomic E-state index is 0.170. The van der Waals surface area contributed by atoms with Crippen LogP contribution >= 0.6 is 0 Å². The number of methoxy groups -OCH3 is 1. The van der Waals surface area contributed by atoms with Gasteiger partial charge in [-0.1, -0.05) is 29.8 Å². The third kappa shape index (κ3) is 3.61. The molecule has 0 bridgehead atoms. The fraction of sp³-hybridized carbons (Fsp3) is 0.364. The first-order chi connectivity index (χ1) is 14.8. The third-order valence-electron chi connectivity index (χ3n) is 5.39. The van der Waals surface area contributed by atoms with Gasteiger partial charge in [0.25, 0.3) is 5.56 Å². The molecular weight excluding hydrogens is 396 g/mol. The van der Waals surface area contributed by atoms with Crippen LogP contribution in [0.1, 0.15) is 22.5 Å². The zero-order valence-corrected chi connectivity index (χ0v) is 18.4. The van der Waals surface area contributed by atoms with Crippen LogP contribution in [0.4, 0.5) is 0 Å². The summed E-state index contributed by atoms with van der Waals surface area (Å²) in [6.07, 6.45) is 0. The quantitative estimate of drug-likeness (QED) is 0.472. The fourth-order valence-corrected chi connectivity index (χ4v) is 3.76. The van der Waals surface area contributed by atoms with Gasteiger partial charge in [-0.05, 0) is 32.4 Å². The first kappa shape index (κ1) is 20.8. The zero-order chi connectivity index (χ0) is 22.3. The van der Waals surface area contributed by atoms with Crippen LogP contribution in [-0.2, 0) is 24.9 Å². The van der Waals surface area contributed by atoms with E-state index in [1.165, 1.54) is 16.2 Å². The van der Waals surface area contributed by atoms with E-state index >= 15 is 0 Å². The molecule has 0 radical (unpaired) electrons. The summed E-state index contributed by atoms with van der Waals surface area (Å²) in [4.78, 5) is 30.9. The zero-order valence-electron chi connectivity index (χ0n) is 18.4. The van der Waals surface area contributed by atoms with Crippen LogP contribution in [0, 0.1) is 20.8 Å². The van der Waals surface area contributed by atoms with E-state index in [1.54, 1.807) is 11.7 Å². The van der Waals surface area contributed by atoms with Crippen molar-refractivity contribution in [3.05, 3.63) is 73.7 Å². The first-order valence-electron chi connectivity index (χ1n) is 10.1. The molecule has 31 heavy (non-hydrogen) atoms. The second-order valence-corrected chi connectivity index (χ2v) is 7.79. The van der Waals surface area contributed by atoms with Gasteiger partial charge < -0.3 is 4.74 Å². The Kier molecular flexibility index (Phi) is 5.36. The lowest BCUT2D eigenvalue weighted by atomic mass is 10.1. The molecular formula is C22H26N6O3. The third-order valence-corrected chi connectivity index (χ3v) is 5.39. The van der Waals surface area contributed by atoms with Crippen LogP contribution in [0.5, 0.6) is 0 Å². The Bertz CT molecular complexity index is 1370. The number of aromatic nitrogens is 6. The second kappa shape index (κ2) is 7.99. The Labute approximate surface area is 179 Å². The highest BCUT2D eigenvalue weighted by Crippen LogP contribution is 2.19. The van der Waals surface area contributed by atoms with Crippen molar-refractivity contribution in [3.63, 3.8) is 0 Å². The average Bonchev–Trinajstić information content (AvgIpc) is 3.27. The van der Waals surface area contributed by atoms with Crippen LogP contribution in [-0.4, -0.2) is 42.2 Å². The molecule has 0 N–H and O–H groups in total. The molecule has 3 heterocycles. The molecule has 0 unspecified atom stereocenters. The van der Waals surface area contributed by atoms with E-state index in [1.807, 2.05) is 55.7 Å². The summed E-state index contributed by atoms with van der Waals surface area (Å²) in [5, 5.41) is 4.56. The first-order valence-corrected chi connectivity index (χ1v) is 10.1. The lowest BCUT2D eigenvalue weighted by molar-refractivity contribution is 0.184. The molecule has 9 nitrogen and oxygen atoms in total. The van der Waals surface area contributed by atoms with Gasteiger partial charge in [-0.2, -0.15) is 10.1 Å². The number of aryl methyl sites for hydroxylation is 4. The molecule has 0 saturated carbocycles. The standard InChI is InChI=1S/C22H26N6O3/c1-14-6-8-17(9-7-14)13-27-18-19(23-21(27)28-16(3)12-15(2)24-28)25(4)22(30)26(20(18)29)10-11-31-5/h6-9,12H,10-11,13H2,1-5H3. The van der Waals surface area contributed by atoms with Gasteiger partial charge in [0.2, 0.25) is 5.95 Å². The van der Waals surface area contributed by atoms with Crippen molar-refractivity contribution in [1.82, 2.24) is 28.5 Å². The van der Waals surface area contributed by atoms with Gasteiger partial charge in [0.15, 0.2) is 11.2 Å². The highest BCUT2D eigenvalue weighted by atomic mass is 16.5. The predicted octanol–water partition coefficient (Wildman–Crippen LogP) is 1.70. The molecule has 0 aliphatic rings. The van der Waals surface area contributed by atoms with Gasteiger partial charge in [-0.25, -0.2) is 9.48 Å². The van der Waals surface area contributed by atoms with E-state index in [0.717, 1.165) is 22.5 Å². The summed E-state index contributed by atoms with van der Waals surface area (Å²) < 4.78 is 11.3. The summed E-state index contributed by atoms with van der Waals surface area (Å²) in [7, 11) is 3.16. The molecule has 162 valence electrons. The maximum Gasteiger partial charge on any atom is 0.332 e. The predicted molar refractivity (Wildman–Crippen MR) is 118 cm³/mol. The molecule has 0 fully saturated rings. The average molecular weight is 422 g/mol. The summed E-state index contributed by atoms with van der Waals surface area (Å²) in [6, 6.07) is 10.1. The van der Waals surface area contributed by atoms with Gasteiger partial charge in [-0.3, -0.25) is 18.5 Å². The Hall–Kier alpha value is -3.46. The lowest BCUT2D eigenvalue weighted by Crippen LogP contribution is -2.40. The van der Waals surface area contributed by atoms with E-state index in [2.05, 4.69) is 5.10 Å². The second-order valence-electron chi connectivity index (χ2n) is 7.79. The van der Waals surface area contributed by atoms with Crippen molar-refractivity contribution in [2.24, 2.45) is 7.05 Å². The molecule has 0 aliphatic carbocycles. The number of rotatable bonds is 6. The lowest BCUT2D eigenvalue weighted by Gasteiger charge is -2.12. The number of hydrogen-bond donors (Lipinski definition) is 0. The van der Waals surface area contributed by atoms with E-state index < -0.39 is 5.69 Å². The van der Waals surface area contributed by atoms with Crippen molar-refractivity contribution in [2.75, 3.05) is 13.7 Å². The monoisotopic (exact) mass is 422 g/mol. The van der Waals surface area contributed by atoms with E-state index in [9.17, 15) is 9.59 Å².